The van der Waals surface area contributed by atoms with Crippen molar-refractivity contribution in [1.82, 2.24) is 15.5 Å². The summed E-state index contributed by atoms with van der Waals surface area (Å²) in [6, 6.07) is 0.271. The molecule has 0 aliphatic carbocycles. The highest BCUT2D eigenvalue weighted by Crippen LogP contribution is 2.23. The fourth-order valence-corrected chi connectivity index (χ4v) is 1.86. The largest absolute Gasteiger partial charge is 0.423 e. The van der Waals surface area contributed by atoms with Crippen molar-refractivity contribution < 1.29 is 4.42 Å². The predicted molar refractivity (Wildman–Crippen MR) is 57.6 cm³/mol. The van der Waals surface area contributed by atoms with Crippen molar-refractivity contribution >= 4 is 0 Å². The van der Waals surface area contributed by atoms with Gasteiger partial charge in [0.1, 0.15) is 0 Å². The average molecular weight is 209 g/mol. The first kappa shape index (κ1) is 10.6. The number of rotatable bonds is 2. The second-order valence-corrected chi connectivity index (χ2v) is 4.49. The molecular formula is C11H19N3O. The van der Waals surface area contributed by atoms with Crippen LogP contribution < -0.4 is 5.32 Å². The van der Waals surface area contributed by atoms with E-state index in [1.54, 1.807) is 0 Å². The quantitative estimate of drug-likeness (QED) is 0.812. The molecule has 0 radical (unpaired) electrons. The monoisotopic (exact) mass is 209 g/mol. The van der Waals surface area contributed by atoms with Gasteiger partial charge in [0.2, 0.25) is 11.8 Å². The molecule has 0 amide bonds. The van der Waals surface area contributed by atoms with Crippen LogP contribution in [0.25, 0.3) is 0 Å². The SMILES string of the molecule is CC(C)c1nnc(C2CCCCCN2)o1. The lowest BCUT2D eigenvalue weighted by Gasteiger charge is -2.10. The minimum absolute atomic E-state index is 0.271. The van der Waals surface area contributed by atoms with E-state index in [0.717, 1.165) is 24.7 Å². The molecule has 15 heavy (non-hydrogen) atoms. The zero-order valence-electron chi connectivity index (χ0n) is 9.49. The van der Waals surface area contributed by atoms with Gasteiger partial charge in [-0.2, -0.15) is 0 Å². The van der Waals surface area contributed by atoms with Gasteiger partial charge in [-0.15, -0.1) is 10.2 Å². The lowest BCUT2D eigenvalue weighted by atomic mass is 10.1. The van der Waals surface area contributed by atoms with E-state index in [9.17, 15) is 0 Å². The minimum Gasteiger partial charge on any atom is -0.423 e. The zero-order valence-corrected chi connectivity index (χ0v) is 9.49. The summed E-state index contributed by atoms with van der Waals surface area (Å²) in [6.07, 6.45) is 4.91. The van der Waals surface area contributed by atoms with Gasteiger partial charge < -0.3 is 9.73 Å². The van der Waals surface area contributed by atoms with Crippen molar-refractivity contribution in [3.8, 4) is 0 Å². The van der Waals surface area contributed by atoms with Crippen LogP contribution in [-0.2, 0) is 0 Å². The van der Waals surface area contributed by atoms with Crippen molar-refractivity contribution in [2.45, 2.75) is 51.5 Å². The molecule has 0 saturated carbocycles. The maximum Gasteiger partial charge on any atom is 0.233 e. The van der Waals surface area contributed by atoms with Crippen molar-refractivity contribution in [2.75, 3.05) is 6.54 Å². The van der Waals surface area contributed by atoms with Crippen LogP contribution in [0.1, 0.15) is 63.3 Å². The lowest BCUT2D eigenvalue weighted by molar-refractivity contribution is 0.367. The summed E-state index contributed by atoms with van der Waals surface area (Å²) in [5.74, 6) is 1.83. The Morgan fingerprint density at radius 2 is 2.13 bits per heavy atom. The maximum absolute atomic E-state index is 5.66. The fourth-order valence-electron chi connectivity index (χ4n) is 1.86. The molecule has 0 spiro atoms. The van der Waals surface area contributed by atoms with Crippen LogP contribution in [-0.4, -0.2) is 16.7 Å². The van der Waals surface area contributed by atoms with Crippen molar-refractivity contribution in [2.24, 2.45) is 0 Å². The van der Waals surface area contributed by atoms with Crippen molar-refractivity contribution in [3.63, 3.8) is 0 Å². The highest BCUT2D eigenvalue weighted by Gasteiger charge is 2.20. The summed E-state index contributed by atoms with van der Waals surface area (Å²) in [7, 11) is 0. The molecule has 0 bridgehead atoms. The highest BCUT2D eigenvalue weighted by molar-refractivity contribution is 4.93. The fraction of sp³-hybridized carbons (Fsp3) is 0.818. The molecule has 1 saturated heterocycles. The van der Waals surface area contributed by atoms with E-state index in [-0.39, 0.29) is 6.04 Å². The zero-order chi connectivity index (χ0) is 10.7. The Balaban J connectivity index is 2.06. The molecule has 84 valence electrons. The topological polar surface area (TPSA) is 51.0 Å². The Bertz CT molecular complexity index is 301. The second kappa shape index (κ2) is 4.75. The maximum atomic E-state index is 5.66. The molecule has 4 nitrogen and oxygen atoms in total. The highest BCUT2D eigenvalue weighted by atomic mass is 16.4. The van der Waals surface area contributed by atoms with Crippen molar-refractivity contribution in [3.05, 3.63) is 11.8 Å². The summed E-state index contributed by atoms with van der Waals surface area (Å²) in [5, 5.41) is 11.6. The van der Waals surface area contributed by atoms with Gasteiger partial charge in [0.25, 0.3) is 0 Å². The van der Waals surface area contributed by atoms with Gasteiger partial charge >= 0.3 is 0 Å². The van der Waals surface area contributed by atoms with Gasteiger partial charge in [0.05, 0.1) is 6.04 Å². The normalized spacial score (nSPS) is 23.0. The number of aromatic nitrogens is 2. The van der Waals surface area contributed by atoms with E-state index in [1.165, 1.54) is 19.3 Å². The van der Waals surface area contributed by atoms with Gasteiger partial charge in [-0.25, -0.2) is 0 Å². The predicted octanol–water partition coefficient (Wildman–Crippen LogP) is 2.40. The molecule has 1 aromatic rings. The van der Waals surface area contributed by atoms with E-state index in [0.29, 0.717) is 5.92 Å². The lowest BCUT2D eigenvalue weighted by Crippen LogP contribution is -2.20. The third kappa shape index (κ3) is 2.56. The molecule has 1 N–H and O–H groups in total. The van der Waals surface area contributed by atoms with Crippen LogP contribution >= 0.6 is 0 Å². The third-order valence-corrected chi connectivity index (χ3v) is 2.81. The van der Waals surface area contributed by atoms with Crippen LogP contribution in [0.15, 0.2) is 4.42 Å². The number of nitrogens with one attached hydrogen (secondary N) is 1. The second-order valence-electron chi connectivity index (χ2n) is 4.49. The molecule has 0 aromatic carbocycles. The smallest absolute Gasteiger partial charge is 0.233 e. The first-order valence-electron chi connectivity index (χ1n) is 5.84. The Morgan fingerprint density at radius 1 is 1.27 bits per heavy atom. The van der Waals surface area contributed by atoms with E-state index < -0.39 is 0 Å². The van der Waals surface area contributed by atoms with Crippen LogP contribution in [0.3, 0.4) is 0 Å². The van der Waals surface area contributed by atoms with E-state index >= 15 is 0 Å². The molecule has 1 aliphatic heterocycles. The first-order valence-corrected chi connectivity index (χ1v) is 5.84. The van der Waals surface area contributed by atoms with E-state index in [4.69, 9.17) is 4.42 Å². The van der Waals surface area contributed by atoms with E-state index in [2.05, 4.69) is 29.4 Å². The number of nitrogens with zero attached hydrogens (tertiary/aromatic N) is 2. The van der Waals surface area contributed by atoms with Crippen molar-refractivity contribution in [1.29, 1.82) is 0 Å². The minimum atomic E-state index is 0.271. The summed E-state index contributed by atoms with van der Waals surface area (Å²) in [5.41, 5.74) is 0. The van der Waals surface area contributed by atoms with Gasteiger partial charge in [0, 0.05) is 5.92 Å². The molecule has 1 aliphatic rings. The number of hydrogen-bond acceptors (Lipinski definition) is 4. The third-order valence-electron chi connectivity index (χ3n) is 2.81. The molecule has 1 aromatic heterocycles. The van der Waals surface area contributed by atoms with Crippen LogP contribution in [0.4, 0.5) is 0 Å². The first-order chi connectivity index (χ1) is 7.27. The Morgan fingerprint density at radius 3 is 2.87 bits per heavy atom. The van der Waals surface area contributed by atoms with Gasteiger partial charge in [-0.1, -0.05) is 26.7 Å². The molecule has 1 atom stereocenters. The molecule has 4 heteroatoms. The van der Waals surface area contributed by atoms with Crippen LogP contribution in [0.5, 0.6) is 0 Å². The van der Waals surface area contributed by atoms with E-state index in [1.807, 2.05) is 0 Å². The summed E-state index contributed by atoms with van der Waals surface area (Å²) in [4.78, 5) is 0. The molecule has 1 unspecified atom stereocenters. The molecular weight excluding hydrogens is 190 g/mol. The Kier molecular flexibility index (Phi) is 3.36. The standard InChI is InChI=1S/C11H19N3O/c1-8(2)10-13-14-11(15-10)9-6-4-3-5-7-12-9/h8-9,12H,3-7H2,1-2H3. The van der Waals surface area contributed by atoms with Gasteiger partial charge in [0.15, 0.2) is 0 Å². The molecule has 2 heterocycles. The summed E-state index contributed by atoms with van der Waals surface area (Å²) >= 11 is 0. The Hall–Kier alpha value is -0.900. The van der Waals surface area contributed by atoms with Crippen LogP contribution in [0, 0.1) is 0 Å². The van der Waals surface area contributed by atoms with Gasteiger partial charge in [-0.05, 0) is 19.4 Å². The number of hydrogen-bond donors (Lipinski definition) is 1. The molecule has 1 fully saturated rings. The van der Waals surface area contributed by atoms with Crippen LogP contribution in [0.2, 0.25) is 0 Å². The van der Waals surface area contributed by atoms with Gasteiger partial charge in [-0.3, -0.25) is 0 Å². The summed E-state index contributed by atoms with van der Waals surface area (Å²) < 4.78 is 5.66. The summed E-state index contributed by atoms with van der Waals surface area (Å²) in [6.45, 7) is 5.19. The molecule has 2 rings (SSSR count). The average Bonchev–Trinajstić information content (AvgIpc) is 2.55. The Labute approximate surface area is 90.5 Å².